The summed E-state index contributed by atoms with van der Waals surface area (Å²) < 4.78 is 0. The average molecular weight is 144 g/mol. The molecule has 2 N–H and O–H groups in total. The molecule has 0 heterocycles. The van der Waals surface area contributed by atoms with E-state index in [4.69, 9.17) is 5.11 Å². The average Bonchev–Trinajstić information content (AvgIpc) is 1.96. The molecule has 60 valence electrons. The molecule has 0 aromatic carbocycles. The van der Waals surface area contributed by atoms with Crippen LogP contribution >= 0.6 is 0 Å². The quantitative estimate of drug-likeness (QED) is 0.574. The van der Waals surface area contributed by atoms with Gasteiger partial charge in [-0.3, -0.25) is 0 Å². The number of aliphatic hydroxyl groups is 2. The van der Waals surface area contributed by atoms with E-state index in [2.05, 4.69) is 0 Å². The molecule has 1 aliphatic carbocycles. The molecule has 2 nitrogen and oxygen atoms in total. The fourth-order valence-electron chi connectivity index (χ4n) is 1.63. The summed E-state index contributed by atoms with van der Waals surface area (Å²) in [5.41, 5.74) is -0.766. The Morgan fingerprint density at radius 3 is 2.60 bits per heavy atom. The van der Waals surface area contributed by atoms with Crippen LogP contribution in [0.15, 0.2) is 0 Å². The van der Waals surface area contributed by atoms with Gasteiger partial charge in [0, 0.05) is 0 Å². The Morgan fingerprint density at radius 2 is 2.20 bits per heavy atom. The van der Waals surface area contributed by atoms with Gasteiger partial charge in [-0.2, -0.15) is 0 Å². The molecule has 1 saturated carbocycles. The fraction of sp³-hybridized carbons (Fsp3) is 1.00. The van der Waals surface area contributed by atoms with E-state index < -0.39 is 5.60 Å². The molecule has 0 radical (unpaired) electrons. The van der Waals surface area contributed by atoms with Crippen molar-refractivity contribution in [2.75, 3.05) is 6.61 Å². The summed E-state index contributed by atoms with van der Waals surface area (Å²) in [6, 6.07) is 0. The predicted molar refractivity (Wildman–Crippen MR) is 39.7 cm³/mol. The van der Waals surface area contributed by atoms with Gasteiger partial charge in [-0.05, 0) is 18.8 Å². The summed E-state index contributed by atoms with van der Waals surface area (Å²) in [6.45, 7) is 1.93. The van der Waals surface area contributed by atoms with Gasteiger partial charge in [0.2, 0.25) is 0 Å². The first-order valence-electron chi connectivity index (χ1n) is 4.02. The van der Waals surface area contributed by atoms with Crippen LogP contribution in [-0.4, -0.2) is 22.4 Å². The first-order valence-corrected chi connectivity index (χ1v) is 4.02. The van der Waals surface area contributed by atoms with Crippen LogP contribution in [0.5, 0.6) is 0 Å². The van der Waals surface area contributed by atoms with E-state index >= 15 is 0 Å². The van der Waals surface area contributed by atoms with Crippen molar-refractivity contribution in [1.82, 2.24) is 0 Å². The van der Waals surface area contributed by atoms with Gasteiger partial charge in [-0.1, -0.05) is 19.8 Å². The first-order chi connectivity index (χ1) is 4.69. The van der Waals surface area contributed by atoms with E-state index in [1.807, 2.05) is 6.92 Å². The third-order valence-electron chi connectivity index (χ3n) is 2.69. The lowest BCUT2D eigenvalue weighted by atomic mass is 9.77. The second kappa shape index (κ2) is 2.89. The molecule has 2 atom stereocenters. The van der Waals surface area contributed by atoms with E-state index in [1.165, 1.54) is 6.42 Å². The lowest BCUT2D eigenvalue weighted by Crippen LogP contribution is -2.42. The third-order valence-corrected chi connectivity index (χ3v) is 2.69. The molecular weight excluding hydrogens is 128 g/mol. The normalized spacial score (nSPS) is 41.7. The number of rotatable bonds is 1. The van der Waals surface area contributed by atoms with Crippen molar-refractivity contribution in [2.45, 2.75) is 38.2 Å². The minimum atomic E-state index is -0.766. The highest BCUT2D eigenvalue weighted by molar-refractivity contribution is 4.86. The molecule has 0 saturated heterocycles. The summed E-state index contributed by atoms with van der Waals surface area (Å²) in [7, 11) is 0. The van der Waals surface area contributed by atoms with Crippen LogP contribution in [0.1, 0.15) is 32.6 Å². The SMILES string of the molecule is CC1CCCCC1(O)CO. The molecule has 10 heavy (non-hydrogen) atoms. The molecule has 0 spiro atoms. The lowest BCUT2D eigenvalue weighted by Gasteiger charge is -2.36. The summed E-state index contributed by atoms with van der Waals surface area (Å²) in [5, 5.41) is 18.6. The van der Waals surface area contributed by atoms with Gasteiger partial charge in [0.05, 0.1) is 12.2 Å². The third kappa shape index (κ3) is 1.32. The van der Waals surface area contributed by atoms with Crippen LogP contribution in [0.3, 0.4) is 0 Å². The highest BCUT2D eigenvalue weighted by Gasteiger charge is 2.34. The largest absolute Gasteiger partial charge is 0.393 e. The molecule has 1 fully saturated rings. The van der Waals surface area contributed by atoms with E-state index in [9.17, 15) is 5.11 Å². The molecular formula is C8H16O2. The van der Waals surface area contributed by atoms with Gasteiger partial charge in [-0.25, -0.2) is 0 Å². The number of hydrogen-bond donors (Lipinski definition) is 2. The minimum Gasteiger partial charge on any atom is -0.393 e. The zero-order valence-corrected chi connectivity index (χ0v) is 6.51. The zero-order valence-electron chi connectivity index (χ0n) is 6.51. The van der Waals surface area contributed by atoms with Crippen LogP contribution in [-0.2, 0) is 0 Å². The molecule has 0 aliphatic heterocycles. The summed E-state index contributed by atoms with van der Waals surface area (Å²) in [6.07, 6.45) is 4.08. The van der Waals surface area contributed by atoms with Gasteiger partial charge in [0.15, 0.2) is 0 Å². The molecule has 0 aromatic rings. The molecule has 0 amide bonds. The molecule has 0 bridgehead atoms. The Balaban J connectivity index is 2.54. The van der Waals surface area contributed by atoms with Crippen molar-refractivity contribution in [3.63, 3.8) is 0 Å². The Hall–Kier alpha value is -0.0800. The van der Waals surface area contributed by atoms with Crippen molar-refractivity contribution in [3.8, 4) is 0 Å². The van der Waals surface area contributed by atoms with Crippen LogP contribution in [0.25, 0.3) is 0 Å². The van der Waals surface area contributed by atoms with Crippen LogP contribution < -0.4 is 0 Å². The van der Waals surface area contributed by atoms with Crippen molar-refractivity contribution in [1.29, 1.82) is 0 Å². The van der Waals surface area contributed by atoms with Crippen LogP contribution in [0.4, 0.5) is 0 Å². The molecule has 0 aromatic heterocycles. The van der Waals surface area contributed by atoms with E-state index in [1.54, 1.807) is 0 Å². The maximum atomic E-state index is 9.70. The van der Waals surface area contributed by atoms with E-state index in [-0.39, 0.29) is 12.5 Å². The minimum absolute atomic E-state index is 0.0752. The first kappa shape index (κ1) is 8.02. The second-order valence-corrected chi connectivity index (χ2v) is 3.41. The second-order valence-electron chi connectivity index (χ2n) is 3.41. The Labute approximate surface area is 61.9 Å². The Kier molecular flexibility index (Phi) is 2.32. The molecule has 1 aliphatic rings. The van der Waals surface area contributed by atoms with Gasteiger partial charge in [-0.15, -0.1) is 0 Å². The van der Waals surface area contributed by atoms with Crippen molar-refractivity contribution in [3.05, 3.63) is 0 Å². The summed E-state index contributed by atoms with van der Waals surface area (Å²) in [5.74, 6) is 0.270. The van der Waals surface area contributed by atoms with Gasteiger partial charge >= 0.3 is 0 Å². The zero-order chi connectivity index (χ0) is 7.61. The van der Waals surface area contributed by atoms with Gasteiger partial charge < -0.3 is 10.2 Å². The maximum absolute atomic E-state index is 9.70. The molecule has 2 heteroatoms. The highest BCUT2D eigenvalue weighted by atomic mass is 16.3. The highest BCUT2D eigenvalue weighted by Crippen LogP contribution is 2.32. The van der Waals surface area contributed by atoms with E-state index in [0.717, 1.165) is 19.3 Å². The number of hydrogen-bond acceptors (Lipinski definition) is 2. The fourth-order valence-corrected chi connectivity index (χ4v) is 1.63. The smallest absolute Gasteiger partial charge is 0.0902 e. The summed E-state index contributed by atoms with van der Waals surface area (Å²) >= 11 is 0. The van der Waals surface area contributed by atoms with Crippen molar-refractivity contribution < 1.29 is 10.2 Å². The van der Waals surface area contributed by atoms with Gasteiger partial charge in [0.1, 0.15) is 0 Å². The number of aliphatic hydroxyl groups excluding tert-OH is 1. The summed E-state index contributed by atoms with van der Waals surface area (Å²) in [4.78, 5) is 0. The predicted octanol–water partition coefficient (Wildman–Crippen LogP) is 0.920. The van der Waals surface area contributed by atoms with Gasteiger partial charge in [0.25, 0.3) is 0 Å². The lowest BCUT2D eigenvalue weighted by molar-refractivity contribution is -0.0793. The maximum Gasteiger partial charge on any atom is 0.0902 e. The standard InChI is InChI=1S/C8H16O2/c1-7-4-2-3-5-8(7,10)6-9/h7,9-10H,2-6H2,1H3. The van der Waals surface area contributed by atoms with Crippen molar-refractivity contribution in [2.24, 2.45) is 5.92 Å². The topological polar surface area (TPSA) is 40.5 Å². The Bertz CT molecular complexity index is 114. The van der Waals surface area contributed by atoms with E-state index in [0.29, 0.717) is 0 Å². The molecule has 2 unspecified atom stereocenters. The van der Waals surface area contributed by atoms with Crippen LogP contribution in [0, 0.1) is 5.92 Å². The van der Waals surface area contributed by atoms with Crippen LogP contribution in [0.2, 0.25) is 0 Å². The van der Waals surface area contributed by atoms with Crippen molar-refractivity contribution >= 4 is 0 Å². The Morgan fingerprint density at radius 1 is 1.50 bits per heavy atom. The molecule has 1 rings (SSSR count). The monoisotopic (exact) mass is 144 g/mol.